The molecule has 0 bridgehead atoms. The molecular formula is C26H28ClN5O3. The topological polar surface area (TPSA) is 93.3 Å². The van der Waals surface area contributed by atoms with E-state index in [0.717, 1.165) is 0 Å². The third-order valence-corrected chi connectivity index (χ3v) is 6.29. The number of benzene rings is 2. The van der Waals surface area contributed by atoms with Crippen LogP contribution in [0.15, 0.2) is 65.1 Å². The standard InChI is InChI=1S/C26H28ClN5O3/c1-5-26(3,4)28-25(34)24(22-15-14-17(2)35-22)32(20-12-8-6-10-18(20)27)23(33)16-31-21-13-9-7-11-19(21)29-30-31/h6-15,24H,5,16H2,1-4H3,(H,28,34). The molecule has 1 unspecified atom stereocenters. The lowest BCUT2D eigenvalue weighted by atomic mass is 10.0. The van der Waals surface area contributed by atoms with Gasteiger partial charge >= 0.3 is 0 Å². The monoisotopic (exact) mass is 493 g/mol. The van der Waals surface area contributed by atoms with Gasteiger partial charge in [0, 0.05) is 5.54 Å². The molecule has 2 aromatic carbocycles. The minimum atomic E-state index is -1.09. The fourth-order valence-corrected chi connectivity index (χ4v) is 3.99. The maximum absolute atomic E-state index is 13.9. The molecule has 182 valence electrons. The van der Waals surface area contributed by atoms with E-state index in [9.17, 15) is 9.59 Å². The number of fused-ring (bicyclic) bond motifs is 1. The van der Waals surface area contributed by atoms with Crippen LogP contribution in [0.4, 0.5) is 5.69 Å². The van der Waals surface area contributed by atoms with Crippen molar-refractivity contribution >= 4 is 40.1 Å². The molecule has 0 saturated heterocycles. The summed E-state index contributed by atoms with van der Waals surface area (Å²) < 4.78 is 7.39. The molecule has 1 N–H and O–H groups in total. The van der Waals surface area contributed by atoms with E-state index in [-0.39, 0.29) is 12.5 Å². The van der Waals surface area contributed by atoms with Gasteiger partial charge in [-0.25, -0.2) is 4.68 Å². The van der Waals surface area contributed by atoms with E-state index in [1.54, 1.807) is 43.3 Å². The third kappa shape index (κ3) is 5.22. The van der Waals surface area contributed by atoms with Crippen molar-refractivity contribution in [1.82, 2.24) is 20.3 Å². The minimum Gasteiger partial charge on any atom is -0.464 e. The van der Waals surface area contributed by atoms with Crippen molar-refractivity contribution in [2.24, 2.45) is 0 Å². The van der Waals surface area contributed by atoms with Crippen molar-refractivity contribution in [2.75, 3.05) is 4.90 Å². The molecule has 0 aliphatic carbocycles. The van der Waals surface area contributed by atoms with Crippen LogP contribution >= 0.6 is 11.6 Å². The Morgan fingerprint density at radius 2 is 1.83 bits per heavy atom. The van der Waals surface area contributed by atoms with Crippen LogP contribution in [-0.2, 0) is 16.1 Å². The van der Waals surface area contributed by atoms with Gasteiger partial charge in [-0.2, -0.15) is 0 Å². The summed E-state index contributed by atoms with van der Waals surface area (Å²) in [7, 11) is 0. The summed E-state index contributed by atoms with van der Waals surface area (Å²) in [6, 6.07) is 16.7. The van der Waals surface area contributed by atoms with Gasteiger partial charge in [-0.15, -0.1) is 5.10 Å². The molecule has 4 rings (SSSR count). The number of furan rings is 1. The summed E-state index contributed by atoms with van der Waals surface area (Å²) in [6.45, 7) is 7.49. The molecular weight excluding hydrogens is 466 g/mol. The van der Waals surface area contributed by atoms with Gasteiger partial charge in [0.25, 0.3) is 5.91 Å². The zero-order valence-corrected chi connectivity index (χ0v) is 20.9. The molecule has 2 aromatic heterocycles. The number of aromatic nitrogens is 3. The van der Waals surface area contributed by atoms with E-state index in [1.165, 1.54) is 9.58 Å². The molecule has 2 heterocycles. The highest BCUT2D eigenvalue weighted by Gasteiger charge is 2.38. The number of amides is 2. The fourth-order valence-electron chi connectivity index (χ4n) is 3.77. The van der Waals surface area contributed by atoms with Crippen LogP contribution in [0.25, 0.3) is 11.0 Å². The summed E-state index contributed by atoms with van der Waals surface area (Å²) in [5.41, 5.74) is 1.29. The second-order valence-corrected chi connectivity index (χ2v) is 9.44. The predicted molar refractivity (Wildman–Crippen MR) is 135 cm³/mol. The Morgan fingerprint density at radius 1 is 1.11 bits per heavy atom. The van der Waals surface area contributed by atoms with Crippen molar-refractivity contribution in [3.63, 3.8) is 0 Å². The lowest BCUT2D eigenvalue weighted by molar-refractivity contribution is -0.128. The number of carbonyl (C=O) groups is 2. The van der Waals surface area contributed by atoms with Crippen LogP contribution in [0.1, 0.15) is 44.8 Å². The van der Waals surface area contributed by atoms with Gasteiger partial charge in [-0.1, -0.05) is 48.0 Å². The van der Waals surface area contributed by atoms with E-state index in [4.69, 9.17) is 16.0 Å². The number of halogens is 1. The Labute approximate surface area is 208 Å². The number of para-hydroxylation sites is 2. The molecule has 9 heteroatoms. The van der Waals surface area contributed by atoms with Gasteiger partial charge in [0.15, 0.2) is 6.04 Å². The lowest BCUT2D eigenvalue weighted by Crippen LogP contribution is -2.51. The number of hydrogen-bond acceptors (Lipinski definition) is 5. The van der Waals surface area contributed by atoms with Crippen molar-refractivity contribution < 1.29 is 14.0 Å². The van der Waals surface area contributed by atoms with Crippen LogP contribution in [0.3, 0.4) is 0 Å². The van der Waals surface area contributed by atoms with Gasteiger partial charge in [-0.3, -0.25) is 14.5 Å². The fraction of sp³-hybridized carbons (Fsp3) is 0.308. The number of nitrogens with zero attached hydrogens (tertiary/aromatic N) is 4. The van der Waals surface area contributed by atoms with E-state index in [0.29, 0.717) is 39.7 Å². The molecule has 0 saturated carbocycles. The highest BCUT2D eigenvalue weighted by atomic mass is 35.5. The highest BCUT2D eigenvalue weighted by molar-refractivity contribution is 6.34. The van der Waals surface area contributed by atoms with Crippen LogP contribution < -0.4 is 10.2 Å². The Hall–Kier alpha value is -3.65. The number of aryl methyl sites for hydroxylation is 1. The quantitative estimate of drug-likeness (QED) is 0.370. The second kappa shape index (κ2) is 9.92. The first-order chi connectivity index (χ1) is 16.7. The van der Waals surface area contributed by atoms with Crippen molar-refractivity contribution in [3.8, 4) is 0 Å². The third-order valence-electron chi connectivity index (χ3n) is 5.97. The Bertz CT molecular complexity index is 1360. The molecule has 4 aromatic rings. The average molecular weight is 494 g/mol. The van der Waals surface area contributed by atoms with E-state index >= 15 is 0 Å². The second-order valence-electron chi connectivity index (χ2n) is 9.03. The Balaban J connectivity index is 1.81. The number of carbonyl (C=O) groups excluding carboxylic acids is 2. The van der Waals surface area contributed by atoms with Gasteiger partial charge in [0.05, 0.1) is 16.2 Å². The SMILES string of the molecule is CCC(C)(C)NC(=O)C(c1ccc(C)o1)N(C(=O)Cn1nnc2ccccc21)c1ccccc1Cl. The smallest absolute Gasteiger partial charge is 0.251 e. The minimum absolute atomic E-state index is 0.146. The first-order valence-electron chi connectivity index (χ1n) is 11.4. The Morgan fingerprint density at radius 3 is 2.51 bits per heavy atom. The molecule has 35 heavy (non-hydrogen) atoms. The molecule has 1 atom stereocenters. The van der Waals surface area contributed by atoms with Gasteiger partial charge in [-0.05, 0) is 63.6 Å². The van der Waals surface area contributed by atoms with E-state index in [1.807, 2.05) is 45.0 Å². The largest absolute Gasteiger partial charge is 0.464 e. The van der Waals surface area contributed by atoms with E-state index < -0.39 is 17.5 Å². The molecule has 0 radical (unpaired) electrons. The Kier molecular flexibility index (Phi) is 6.93. The summed E-state index contributed by atoms with van der Waals surface area (Å²) >= 11 is 6.55. The van der Waals surface area contributed by atoms with Crippen molar-refractivity contribution in [3.05, 3.63) is 77.2 Å². The van der Waals surface area contributed by atoms with E-state index in [2.05, 4.69) is 15.6 Å². The first kappa shape index (κ1) is 24.5. The molecule has 0 aliphatic heterocycles. The highest BCUT2D eigenvalue weighted by Crippen LogP contribution is 2.34. The molecule has 0 aliphatic rings. The number of anilines is 1. The first-order valence-corrected chi connectivity index (χ1v) is 11.8. The summed E-state index contributed by atoms with van der Waals surface area (Å²) in [4.78, 5) is 29.0. The molecule has 0 spiro atoms. The zero-order valence-electron chi connectivity index (χ0n) is 20.2. The number of nitrogens with one attached hydrogen (secondary N) is 1. The van der Waals surface area contributed by atoms with Crippen LogP contribution in [0, 0.1) is 6.92 Å². The molecule has 2 amide bonds. The van der Waals surface area contributed by atoms with Crippen LogP contribution in [0.2, 0.25) is 5.02 Å². The summed E-state index contributed by atoms with van der Waals surface area (Å²) in [6.07, 6.45) is 0.702. The molecule has 0 fully saturated rings. The van der Waals surface area contributed by atoms with Crippen LogP contribution in [0.5, 0.6) is 0 Å². The maximum atomic E-state index is 13.9. The molecule has 8 nitrogen and oxygen atoms in total. The van der Waals surface area contributed by atoms with Gasteiger partial charge in [0.1, 0.15) is 23.6 Å². The normalized spacial score (nSPS) is 12.5. The zero-order chi connectivity index (χ0) is 25.2. The average Bonchev–Trinajstić information content (AvgIpc) is 3.44. The van der Waals surface area contributed by atoms with Crippen molar-refractivity contribution in [2.45, 2.75) is 52.2 Å². The lowest BCUT2D eigenvalue weighted by Gasteiger charge is -2.33. The maximum Gasteiger partial charge on any atom is 0.251 e. The van der Waals surface area contributed by atoms with Crippen LogP contribution in [-0.4, -0.2) is 32.3 Å². The van der Waals surface area contributed by atoms with Gasteiger partial charge < -0.3 is 9.73 Å². The van der Waals surface area contributed by atoms with Gasteiger partial charge in [0.2, 0.25) is 5.91 Å². The number of hydrogen-bond donors (Lipinski definition) is 1. The van der Waals surface area contributed by atoms with Crippen molar-refractivity contribution in [1.29, 1.82) is 0 Å². The number of rotatable bonds is 8. The predicted octanol–water partition coefficient (Wildman–Crippen LogP) is 5.07. The summed E-state index contributed by atoms with van der Waals surface area (Å²) in [5.74, 6) is 0.199. The summed E-state index contributed by atoms with van der Waals surface area (Å²) in [5, 5.41) is 11.7.